The lowest BCUT2D eigenvalue weighted by molar-refractivity contribution is -0.115. The van der Waals surface area contributed by atoms with E-state index in [1.54, 1.807) is 24.3 Å². The maximum atomic E-state index is 12.5. The lowest BCUT2D eigenvalue weighted by atomic mass is 10.1. The van der Waals surface area contributed by atoms with E-state index in [2.05, 4.69) is 10.6 Å². The second-order valence-corrected chi connectivity index (χ2v) is 7.55. The number of hydrogen-bond donors (Lipinski definition) is 3. The fraction of sp³-hybridized carbons (Fsp3) is 0.300. The van der Waals surface area contributed by atoms with Crippen LogP contribution in [0.5, 0.6) is 11.5 Å². The van der Waals surface area contributed by atoms with Gasteiger partial charge in [-0.2, -0.15) is 0 Å². The number of anilines is 1. The lowest BCUT2D eigenvalue weighted by Gasteiger charge is -2.21. The quantitative estimate of drug-likeness (QED) is 0.725. The Morgan fingerprint density at radius 2 is 1.85 bits per heavy atom. The molecule has 0 aliphatic carbocycles. The summed E-state index contributed by atoms with van der Waals surface area (Å²) in [5.41, 5.74) is 0.766. The third-order valence-corrected chi connectivity index (χ3v) is 3.84. The van der Waals surface area contributed by atoms with Gasteiger partial charge in [0, 0.05) is 21.8 Å². The molecule has 0 aromatic heterocycles. The minimum absolute atomic E-state index is 0.00507. The van der Waals surface area contributed by atoms with Crippen molar-refractivity contribution in [1.29, 1.82) is 0 Å². The molecule has 0 atom stereocenters. The number of phenols is 1. The van der Waals surface area contributed by atoms with Gasteiger partial charge in [0.15, 0.2) is 0 Å². The number of rotatable bonds is 5. The second-order valence-electron chi connectivity index (χ2n) is 7.12. The predicted molar refractivity (Wildman–Crippen MR) is 106 cm³/mol. The minimum atomic E-state index is -0.411. The molecule has 0 saturated carbocycles. The number of carbonyl (C=O) groups excluding carboxylic acids is 2. The summed E-state index contributed by atoms with van der Waals surface area (Å²) in [4.78, 5) is 24.8. The van der Waals surface area contributed by atoms with Crippen LogP contribution in [-0.4, -0.2) is 29.6 Å². The number of carbonyl (C=O) groups is 2. The van der Waals surface area contributed by atoms with Crippen LogP contribution in [0.3, 0.4) is 0 Å². The normalized spacial score (nSPS) is 11.0. The molecule has 0 radical (unpaired) electrons. The monoisotopic (exact) mass is 390 g/mol. The molecule has 144 valence electrons. The smallest absolute Gasteiger partial charge is 0.255 e. The largest absolute Gasteiger partial charge is 0.508 e. The number of nitrogens with one attached hydrogen (secondary N) is 2. The summed E-state index contributed by atoms with van der Waals surface area (Å²) >= 11 is 5.90. The summed E-state index contributed by atoms with van der Waals surface area (Å²) in [6.07, 6.45) is -0.0536. The molecule has 0 aliphatic heterocycles. The third-order valence-electron chi connectivity index (χ3n) is 3.61. The van der Waals surface area contributed by atoms with Crippen LogP contribution < -0.4 is 15.4 Å². The average molecular weight is 391 g/mol. The van der Waals surface area contributed by atoms with Crippen LogP contribution in [0.2, 0.25) is 5.02 Å². The highest BCUT2D eigenvalue weighted by molar-refractivity contribution is 6.30. The van der Waals surface area contributed by atoms with Crippen LogP contribution >= 0.6 is 11.6 Å². The number of aromatic hydroxyl groups is 1. The van der Waals surface area contributed by atoms with Crippen molar-refractivity contribution in [3.05, 3.63) is 52.5 Å². The standard InChI is InChI=1S/C20H23ClN2O4/c1-20(2,3)23-19(26)15-11-14(6-8-17(15)27-4)22-18(25)10-12-9-13(21)5-7-16(12)24/h5-9,11,24H,10H2,1-4H3,(H,22,25)(H,23,26). The van der Waals surface area contributed by atoms with Crippen molar-refractivity contribution in [2.45, 2.75) is 32.7 Å². The van der Waals surface area contributed by atoms with Gasteiger partial charge in [0.2, 0.25) is 5.91 Å². The van der Waals surface area contributed by atoms with Gasteiger partial charge in [-0.15, -0.1) is 0 Å². The maximum absolute atomic E-state index is 12.5. The molecule has 0 spiro atoms. The third kappa shape index (κ3) is 5.89. The van der Waals surface area contributed by atoms with E-state index in [0.717, 1.165) is 0 Å². The molecular formula is C20H23ClN2O4. The Morgan fingerprint density at radius 1 is 1.15 bits per heavy atom. The van der Waals surface area contributed by atoms with Gasteiger partial charge in [0.25, 0.3) is 5.91 Å². The van der Waals surface area contributed by atoms with E-state index in [1.165, 1.54) is 19.2 Å². The summed E-state index contributed by atoms with van der Waals surface area (Å²) in [6, 6.07) is 9.32. The van der Waals surface area contributed by atoms with Crippen LogP contribution in [0.1, 0.15) is 36.7 Å². The summed E-state index contributed by atoms with van der Waals surface area (Å²) in [5, 5.41) is 15.8. The fourth-order valence-corrected chi connectivity index (χ4v) is 2.64. The molecule has 0 fully saturated rings. The number of methoxy groups -OCH3 is 1. The Kier molecular flexibility index (Phi) is 6.33. The molecule has 7 heteroatoms. The Labute approximate surface area is 163 Å². The van der Waals surface area contributed by atoms with Crippen molar-refractivity contribution >= 4 is 29.1 Å². The maximum Gasteiger partial charge on any atom is 0.255 e. The van der Waals surface area contributed by atoms with Gasteiger partial charge in [-0.25, -0.2) is 0 Å². The van der Waals surface area contributed by atoms with E-state index in [0.29, 0.717) is 27.6 Å². The van der Waals surface area contributed by atoms with Crippen molar-refractivity contribution < 1.29 is 19.4 Å². The predicted octanol–water partition coefficient (Wildman–Crippen LogP) is 3.76. The summed E-state index contributed by atoms with van der Waals surface area (Å²) in [7, 11) is 1.48. The second kappa shape index (κ2) is 8.31. The van der Waals surface area contributed by atoms with Crippen molar-refractivity contribution in [1.82, 2.24) is 5.32 Å². The molecule has 0 unspecified atom stereocenters. The SMILES string of the molecule is COc1ccc(NC(=O)Cc2cc(Cl)ccc2O)cc1C(=O)NC(C)(C)C. The molecule has 0 bridgehead atoms. The first-order valence-corrected chi connectivity index (χ1v) is 8.74. The van der Waals surface area contributed by atoms with Gasteiger partial charge in [-0.3, -0.25) is 9.59 Å². The van der Waals surface area contributed by atoms with Crippen molar-refractivity contribution in [2.24, 2.45) is 0 Å². The number of halogens is 1. The topological polar surface area (TPSA) is 87.7 Å². The van der Waals surface area contributed by atoms with E-state index in [-0.39, 0.29) is 24.0 Å². The summed E-state index contributed by atoms with van der Waals surface area (Å²) in [5.74, 6) is -0.250. The minimum Gasteiger partial charge on any atom is -0.508 e. The highest BCUT2D eigenvalue weighted by atomic mass is 35.5. The molecule has 3 N–H and O–H groups in total. The van der Waals surface area contributed by atoms with Gasteiger partial charge in [-0.05, 0) is 57.2 Å². The van der Waals surface area contributed by atoms with Crippen molar-refractivity contribution in [2.75, 3.05) is 12.4 Å². The van der Waals surface area contributed by atoms with Crippen LogP contribution in [0.4, 0.5) is 5.69 Å². The molecular weight excluding hydrogens is 368 g/mol. The molecule has 0 saturated heterocycles. The fourth-order valence-electron chi connectivity index (χ4n) is 2.44. The summed E-state index contributed by atoms with van der Waals surface area (Å²) < 4.78 is 5.24. The molecule has 2 amide bonds. The first kappa shape index (κ1) is 20.6. The van der Waals surface area contributed by atoms with E-state index < -0.39 is 5.54 Å². The van der Waals surface area contributed by atoms with Gasteiger partial charge >= 0.3 is 0 Å². The Bertz CT molecular complexity index is 860. The van der Waals surface area contributed by atoms with E-state index in [4.69, 9.17) is 16.3 Å². The number of phenolic OH excluding ortho intramolecular Hbond substituents is 1. The molecule has 2 aromatic carbocycles. The number of hydrogen-bond acceptors (Lipinski definition) is 4. The number of ether oxygens (including phenoxy) is 1. The summed E-state index contributed by atoms with van der Waals surface area (Å²) in [6.45, 7) is 5.63. The number of amides is 2. The van der Waals surface area contributed by atoms with Gasteiger partial charge in [0.05, 0.1) is 19.1 Å². The number of benzene rings is 2. The van der Waals surface area contributed by atoms with Crippen LogP contribution in [-0.2, 0) is 11.2 Å². The first-order valence-electron chi connectivity index (χ1n) is 8.37. The molecule has 0 aliphatic rings. The van der Waals surface area contributed by atoms with Gasteiger partial charge < -0.3 is 20.5 Å². The first-order chi connectivity index (χ1) is 12.6. The van der Waals surface area contributed by atoms with Crippen LogP contribution in [0.25, 0.3) is 0 Å². The van der Waals surface area contributed by atoms with Crippen molar-refractivity contribution in [3.8, 4) is 11.5 Å². The zero-order chi connectivity index (χ0) is 20.2. The van der Waals surface area contributed by atoms with Crippen LogP contribution in [0.15, 0.2) is 36.4 Å². The van der Waals surface area contributed by atoms with E-state index in [9.17, 15) is 14.7 Å². The molecule has 27 heavy (non-hydrogen) atoms. The molecule has 6 nitrogen and oxygen atoms in total. The molecule has 2 aromatic rings. The Hall–Kier alpha value is -2.73. The zero-order valence-corrected chi connectivity index (χ0v) is 16.5. The zero-order valence-electron chi connectivity index (χ0n) is 15.7. The Morgan fingerprint density at radius 3 is 2.48 bits per heavy atom. The Balaban J connectivity index is 2.19. The molecule has 2 rings (SSSR count). The average Bonchev–Trinajstić information content (AvgIpc) is 2.56. The highest BCUT2D eigenvalue weighted by Gasteiger charge is 2.19. The van der Waals surface area contributed by atoms with Crippen molar-refractivity contribution in [3.63, 3.8) is 0 Å². The highest BCUT2D eigenvalue weighted by Crippen LogP contribution is 2.25. The van der Waals surface area contributed by atoms with E-state index in [1.807, 2.05) is 20.8 Å². The van der Waals surface area contributed by atoms with E-state index >= 15 is 0 Å². The van der Waals surface area contributed by atoms with Gasteiger partial charge in [0.1, 0.15) is 11.5 Å². The molecule has 0 heterocycles. The van der Waals surface area contributed by atoms with Gasteiger partial charge in [-0.1, -0.05) is 11.6 Å². The van der Waals surface area contributed by atoms with Crippen LogP contribution in [0, 0.1) is 0 Å². The lowest BCUT2D eigenvalue weighted by Crippen LogP contribution is -2.40.